The molecule has 1 aliphatic rings. The fourth-order valence-electron chi connectivity index (χ4n) is 2.56. The molecule has 0 bridgehead atoms. The molecule has 128 valence electrons. The van der Waals surface area contributed by atoms with Gasteiger partial charge in [0.25, 0.3) is 0 Å². The molecule has 8 heteroatoms. The SMILES string of the molecule is FC(F)(F)c1cnc(CN2CCOC(c3cccnc3)C2)c(Cl)c1. The molecular weight excluding hydrogens is 343 g/mol. The molecule has 1 unspecified atom stereocenters. The third kappa shape index (κ3) is 4.03. The zero-order valence-corrected chi connectivity index (χ0v) is 13.4. The van der Waals surface area contributed by atoms with E-state index >= 15 is 0 Å². The van der Waals surface area contributed by atoms with Crippen LogP contribution < -0.4 is 0 Å². The number of alkyl halides is 3. The predicted molar refractivity (Wildman–Crippen MR) is 82.5 cm³/mol. The van der Waals surface area contributed by atoms with Gasteiger partial charge < -0.3 is 4.74 Å². The van der Waals surface area contributed by atoms with Crippen LogP contribution in [0.2, 0.25) is 5.02 Å². The average molecular weight is 358 g/mol. The number of pyridine rings is 2. The van der Waals surface area contributed by atoms with Crippen molar-refractivity contribution in [1.29, 1.82) is 0 Å². The maximum absolute atomic E-state index is 12.7. The lowest BCUT2D eigenvalue weighted by Gasteiger charge is -2.32. The lowest BCUT2D eigenvalue weighted by Crippen LogP contribution is -2.38. The van der Waals surface area contributed by atoms with E-state index < -0.39 is 11.7 Å². The first-order valence-electron chi connectivity index (χ1n) is 7.39. The van der Waals surface area contributed by atoms with Crippen LogP contribution >= 0.6 is 11.6 Å². The van der Waals surface area contributed by atoms with Crippen LogP contribution in [-0.2, 0) is 17.5 Å². The first-order chi connectivity index (χ1) is 11.4. The Morgan fingerprint density at radius 1 is 1.33 bits per heavy atom. The van der Waals surface area contributed by atoms with E-state index in [4.69, 9.17) is 16.3 Å². The Labute approximate surface area is 142 Å². The van der Waals surface area contributed by atoms with Gasteiger partial charge in [-0.15, -0.1) is 0 Å². The summed E-state index contributed by atoms with van der Waals surface area (Å²) in [6, 6.07) is 4.69. The Hall–Kier alpha value is -1.70. The lowest BCUT2D eigenvalue weighted by molar-refractivity contribution is -0.137. The largest absolute Gasteiger partial charge is 0.417 e. The summed E-state index contributed by atoms with van der Waals surface area (Å²) in [7, 11) is 0. The Bertz CT molecular complexity index is 697. The van der Waals surface area contributed by atoms with Gasteiger partial charge in [-0.1, -0.05) is 17.7 Å². The minimum atomic E-state index is -4.44. The quantitative estimate of drug-likeness (QED) is 0.839. The number of nitrogens with zero attached hydrogens (tertiary/aromatic N) is 3. The van der Waals surface area contributed by atoms with Crippen molar-refractivity contribution in [3.05, 3.63) is 58.6 Å². The zero-order chi connectivity index (χ0) is 17.2. The topological polar surface area (TPSA) is 38.2 Å². The molecule has 2 aromatic heterocycles. The Kier molecular flexibility index (Phi) is 5.03. The second-order valence-corrected chi connectivity index (χ2v) is 5.94. The maximum atomic E-state index is 12.7. The molecule has 4 nitrogen and oxygen atoms in total. The molecule has 0 aliphatic carbocycles. The van der Waals surface area contributed by atoms with Crippen LogP contribution in [0.4, 0.5) is 13.2 Å². The van der Waals surface area contributed by atoms with Gasteiger partial charge in [0, 0.05) is 43.8 Å². The van der Waals surface area contributed by atoms with Gasteiger partial charge >= 0.3 is 6.18 Å². The number of halogens is 4. The average Bonchev–Trinajstić information content (AvgIpc) is 2.57. The molecule has 1 saturated heterocycles. The Morgan fingerprint density at radius 2 is 2.17 bits per heavy atom. The molecule has 0 amide bonds. The number of hydrogen-bond acceptors (Lipinski definition) is 4. The van der Waals surface area contributed by atoms with Crippen LogP contribution in [0.3, 0.4) is 0 Å². The van der Waals surface area contributed by atoms with Gasteiger partial charge in [-0.05, 0) is 12.1 Å². The normalized spacial score (nSPS) is 19.4. The van der Waals surface area contributed by atoms with Crippen LogP contribution in [0.1, 0.15) is 22.9 Å². The van der Waals surface area contributed by atoms with Gasteiger partial charge in [0.15, 0.2) is 0 Å². The van der Waals surface area contributed by atoms with Crippen molar-refractivity contribution < 1.29 is 17.9 Å². The van der Waals surface area contributed by atoms with Gasteiger partial charge in [-0.25, -0.2) is 0 Å². The van der Waals surface area contributed by atoms with Crippen LogP contribution in [0.5, 0.6) is 0 Å². The molecule has 1 aliphatic heterocycles. The van der Waals surface area contributed by atoms with E-state index in [0.717, 1.165) is 17.8 Å². The number of morpholine rings is 1. The standard InChI is InChI=1S/C16H15ClF3N3O/c17-13-6-12(16(18,19)20)8-22-14(13)9-23-4-5-24-15(10-23)11-2-1-3-21-7-11/h1-3,6-8,15H,4-5,9-10H2. The zero-order valence-electron chi connectivity index (χ0n) is 12.6. The highest BCUT2D eigenvalue weighted by molar-refractivity contribution is 6.31. The van der Waals surface area contributed by atoms with Crippen molar-refractivity contribution in [1.82, 2.24) is 14.9 Å². The third-order valence-electron chi connectivity index (χ3n) is 3.82. The van der Waals surface area contributed by atoms with E-state index in [2.05, 4.69) is 14.9 Å². The summed E-state index contributed by atoms with van der Waals surface area (Å²) in [5.41, 5.74) is 0.552. The van der Waals surface area contributed by atoms with Crippen molar-refractivity contribution in [2.75, 3.05) is 19.7 Å². The predicted octanol–water partition coefficient (Wildman–Crippen LogP) is 3.72. The highest BCUT2D eigenvalue weighted by Crippen LogP contribution is 2.31. The monoisotopic (exact) mass is 357 g/mol. The maximum Gasteiger partial charge on any atom is 0.417 e. The molecule has 0 spiro atoms. The summed E-state index contributed by atoms with van der Waals surface area (Å²) in [6.45, 7) is 2.16. The molecule has 0 radical (unpaired) electrons. The molecule has 24 heavy (non-hydrogen) atoms. The summed E-state index contributed by atoms with van der Waals surface area (Å²) in [5.74, 6) is 0. The Balaban J connectivity index is 1.70. The minimum absolute atomic E-state index is 0.0224. The fraction of sp³-hybridized carbons (Fsp3) is 0.375. The van der Waals surface area contributed by atoms with E-state index in [1.807, 2.05) is 12.1 Å². The molecule has 0 N–H and O–H groups in total. The van der Waals surface area contributed by atoms with Crippen molar-refractivity contribution in [2.24, 2.45) is 0 Å². The van der Waals surface area contributed by atoms with Crippen LogP contribution in [0, 0.1) is 0 Å². The van der Waals surface area contributed by atoms with Crippen molar-refractivity contribution in [3.63, 3.8) is 0 Å². The Morgan fingerprint density at radius 3 is 2.83 bits per heavy atom. The van der Waals surface area contributed by atoms with Gasteiger partial charge in [0.2, 0.25) is 0 Å². The van der Waals surface area contributed by atoms with Crippen LogP contribution in [0.25, 0.3) is 0 Å². The first-order valence-corrected chi connectivity index (χ1v) is 7.77. The third-order valence-corrected chi connectivity index (χ3v) is 4.15. The number of aromatic nitrogens is 2. The molecule has 1 atom stereocenters. The highest BCUT2D eigenvalue weighted by atomic mass is 35.5. The van der Waals surface area contributed by atoms with Crippen molar-refractivity contribution in [2.45, 2.75) is 18.8 Å². The summed E-state index contributed by atoms with van der Waals surface area (Å²) in [5, 5.41) is 0.0224. The van der Waals surface area contributed by atoms with E-state index in [0.29, 0.717) is 31.9 Å². The summed E-state index contributed by atoms with van der Waals surface area (Å²) >= 11 is 5.98. The van der Waals surface area contributed by atoms with Gasteiger partial charge in [0.1, 0.15) is 0 Å². The highest BCUT2D eigenvalue weighted by Gasteiger charge is 2.32. The van der Waals surface area contributed by atoms with Crippen molar-refractivity contribution in [3.8, 4) is 0 Å². The molecule has 0 aromatic carbocycles. The van der Waals surface area contributed by atoms with E-state index in [9.17, 15) is 13.2 Å². The number of ether oxygens (including phenoxy) is 1. The molecule has 3 heterocycles. The minimum Gasteiger partial charge on any atom is -0.371 e. The fourth-order valence-corrected chi connectivity index (χ4v) is 2.79. The van der Waals surface area contributed by atoms with E-state index in [1.165, 1.54) is 0 Å². The van der Waals surface area contributed by atoms with Gasteiger partial charge in [-0.3, -0.25) is 14.9 Å². The summed E-state index contributed by atoms with van der Waals surface area (Å²) in [6.07, 6.45) is -0.312. The van der Waals surface area contributed by atoms with Crippen LogP contribution in [-0.4, -0.2) is 34.6 Å². The number of rotatable bonds is 3. The second kappa shape index (κ2) is 7.04. The molecular formula is C16H15ClF3N3O. The smallest absolute Gasteiger partial charge is 0.371 e. The molecule has 1 fully saturated rings. The van der Waals surface area contributed by atoms with Crippen molar-refractivity contribution >= 4 is 11.6 Å². The first kappa shape index (κ1) is 17.1. The second-order valence-electron chi connectivity index (χ2n) is 5.53. The molecule has 2 aromatic rings. The van der Waals surface area contributed by atoms with Gasteiger partial charge in [0.05, 0.1) is 29.0 Å². The molecule has 0 saturated carbocycles. The summed E-state index contributed by atoms with van der Waals surface area (Å²) < 4.78 is 43.7. The summed E-state index contributed by atoms with van der Waals surface area (Å²) in [4.78, 5) is 10.0. The molecule has 3 rings (SSSR count). The lowest BCUT2D eigenvalue weighted by atomic mass is 10.1. The van der Waals surface area contributed by atoms with Gasteiger partial charge in [-0.2, -0.15) is 13.2 Å². The van der Waals surface area contributed by atoms with E-state index in [-0.39, 0.29) is 11.1 Å². The van der Waals surface area contributed by atoms with E-state index in [1.54, 1.807) is 12.4 Å². The van der Waals surface area contributed by atoms with Crippen LogP contribution in [0.15, 0.2) is 36.8 Å². The number of hydrogen-bond donors (Lipinski definition) is 0.